The van der Waals surface area contributed by atoms with Crippen molar-refractivity contribution in [3.8, 4) is 11.1 Å². The van der Waals surface area contributed by atoms with Gasteiger partial charge in [-0.05, 0) is 18.2 Å². The van der Waals surface area contributed by atoms with Gasteiger partial charge >= 0.3 is 0 Å². The zero-order valence-electron chi connectivity index (χ0n) is 8.50. The average Bonchev–Trinajstić information content (AvgIpc) is 2.34. The van der Waals surface area contributed by atoms with Crippen molar-refractivity contribution in [2.75, 3.05) is 0 Å². The fraction of sp³-hybridized carbons (Fsp3) is 0. The molecule has 0 unspecified atom stereocenters. The summed E-state index contributed by atoms with van der Waals surface area (Å²) in [6.45, 7) is 0. The van der Waals surface area contributed by atoms with Gasteiger partial charge in [-0.25, -0.2) is 26.3 Å². The van der Waals surface area contributed by atoms with Crippen LogP contribution in [0.2, 0.25) is 0 Å². The predicted octanol–water partition coefficient (Wildman–Crippen LogP) is 3.99. The summed E-state index contributed by atoms with van der Waals surface area (Å²) in [7, 11) is 0. The molecule has 0 saturated carbocycles. The summed E-state index contributed by atoms with van der Waals surface area (Å²) in [6.07, 6.45) is 0. The van der Waals surface area contributed by atoms with Crippen LogP contribution in [0.5, 0.6) is 0 Å². The highest BCUT2D eigenvalue weighted by atomic mass is 19.2. The van der Waals surface area contributed by atoms with E-state index in [1.165, 1.54) is 0 Å². The van der Waals surface area contributed by atoms with Crippen molar-refractivity contribution in [1.29, 1.82) is 0 Å². The van der Waals surface area contributed by atoms with E-state index in [1.807, 2.05) is 0 Å². The lowest BCUT2D eigenvalue weighted by Crippen LogP contribution is -2.00. The highest BCUT2D eigenvalue weighted by Gasteiger charge is 2.22. The summed E-state index contributed by atoms with van der Waals surface area (Å²) in [4.78, 5) is 0. The molecule has 0 fully saturated rings. The largest absolute Gasteiger partial charge is 0.206 e. The lowest BCUT2D eigenvalue weighted by molar-refractivity contribution is 0.447. The molecule has 0 nitrogen and oxygen atoms in total. The van der Waals surface area contributed by atoms with Crippen LogP contribution in [0.3, 0.4) is 0 Å². The van der Waals surface area contributed by atoms with Gasteiger partial charge in [-0.1, -0.05) is 0 Å². The highest BCUT2D eigenvalue weighted by Crippen LogP contribution is 2.31. The molecule has 0 saturated heterocycles. The van der Waals surface area contributed by atoms with E-state index in [2.05, 4.69) is 0 Å². The number of halogens is 6. The minimum absolute atomic E-state index is 0.439. The summed E-state index contributed by atoms with van der Waals surface area (Å²) in [5.74, 6) is -9.80. The molecule has 18 heavy (non-hydrogen) atoms. The first kappa shape index (κ1) is 12.5. The molecule has 0 bridgehead atoms. The van der Waals surface area contributed by atoms with E-state index < -0.39 is 46.0 Å². The van der Waals surface area contributed by atoms with Crippen molar-refractivity contribution in [3.63, 3.8) is 0 Å². The Hall–Kier alpha value is -1.98. The molecule has 0 atom stereocenters. The van der Waals surface area contributed by atoms with Crippen LogP contribution >= 0.6 is 0 Å². The summed E-state index contributed by atoms with van der Waals surface area (Å²) in [6, 6.07) is 3.16. The molecule has 0 aromatic heterocycles. The van der Waals surface area contributed by atoms with Gasteiger partial charge in [0, 0.05) is 11.6 Å². The molecule has 0 spiro atoms. The molecule has 0 heterocycles. The van der Waals surface area contributed by atoms with Crippen LogP contribution in [0.25, 0.3) is 11.1 Å². The Kier molecular flexibility index (Phi) is 3.02. The lowest BCUT2D eigenvalue weighted by atomic mass is 10.0. The van der Waals surface area contributed by atoms with Crippen LogP contribution in [0.1, 0.15) is 0 Å². The predicted molar refractivity (Wildman–Crippen MR) is 50.5 cm³/mol. The first-order valence-corrected chi connectivity index (χ1v) is 4.62. The van der Waals surface area contributed by atoms with Crippen LogP contribution in [-0.2, 0) is 0 Å². The van der Waals surface area contributed by atoms with E-state index in [-0.39, 0.29) is 0 Å². The fourth-order valence-electron chi connectivity index (χ4n) is 1.44. The average molecular weight is 261 g/mol. The van der Waals surface area contributed by atoms with Crippen LogP contribution in [0.4, 0.5) is 26.3 Å². The smallest absolute Gasteiger partial charge is 0.195 e. The van der Waals surface area contributed by atoms with Gasteiger partial charge in [0.25, 0.3) is 0 Å². The third kappa shape index (κ3) is 1.83. The minimum atomic E-state index is -1.89. The van der Waals surface area contributed by atoms with Gasteiger partial charge in [0.1, 0.15) is 5.82 Å². The maximum atomic E-state index is 13.4. The second kappa shape index (κ2) is 4.36. The molecule has 0 amide bonds. The molecule has 1 radical (unpaired) electrons. The Morgan fingerprint density at radius 3 is 2.06 bits per heavy atom. The highest BCUT2D eigenvalue weighted by molar-refractivity contribution is 5.65. The van der Waals surface area contributed by atoms with Gasteiger partial charge in [-0.15, -0.1) is 0 Å². The number of benzene rings is 2. The first-order chi connectivity index (χ1) is 8.43. The van der Waals surface area contributed by atoms with E-state index in [9.17, 15) is 26.3 Å². The van der Waals surface area contributed by atoms with Crippen LogP contribution < -0.4 is 0 Å². The third-order valence-electron chi connectivity index (χ3n) is 2.28. The first-order valence-electron chi connectivity index (χ1n) is 4.62. The summed E-state index contributed by atoms with van der Waals surface area (Å²) < 4.78 is 78.5. The van der Waals surface area contributed by atoms with Crippen molar-refractivity contribution >= 4 is 0 Å². The monoisotopic (exact) mass is 261 g/mol. The van der Waals surface area contributed by atoms with Gasteiger partial charge < -0.3 is 0 Å². The van der Waals surface area contributed by atoms with Gasteiger partial charge in [0.2, 0.25) is 0 Å². The number of rotatable bonds is 1. The number of hydrogen-bond donors (Lipinski definition) is 0. The SMILES string of the molecule is Fc1[c]cc(F)c(-c2ccc(F)c(F)c2F)c1F. The normalized spacial score (nSPS) is 10.8. The summed E-state index contributed by atoms with van der Waals surface area (Å²) in [5, 5.41) is 0. The Morgan fingerprint density at radius 1 is 0.722 bits per heavy atom. The molecule has 2 aromatic rings. The lowest BCUT2D eigenvalue weighted by Gasteiger charge is -2.07. The molecule has 0 aliphatic heterocycles. The molecule has 2 rings (SSSR count). The molecule has 2 aromatic carbocycles. The Morgan fingerprint density at radius 2 is 1.39 bits per heavy atom. The molecule has 0 aliphatic carbocycles. The summed E-state index contributed by atoms with van der Waals surface area (Å²) in [5.41, 5.74) is -2.01. The summed E-state index contributed by atoms with van der Waals surface area (Å²) >= 11 is 0. The number of hydrogen-bond acceptors (Lipinski definition) is 0. The van der Waals surface area contributed by atoms with E-state index in [0.717, 1.165) is 0 Å². The van der Waals surface area contributed by atoms with Gasteiger partial charge in [-0.3, -0.25) is 0 Å². The second-order valence-corrected chi connectivity index (χ2v) is 3.36. The van der Waals surface area contributed by atoms with Crippen molar-refractivity contribution in [2.24, 2.45) is 0 Å². The molecule has 6 heteroatoms. The quantitative estimate of drug-likeness (QED) is 0.413. The molecule has 0 aliphatic rings. The molecule has 0 N–H and O–H groups in total. The molecule has 93 valence electrons. The van der Waals surface area contributed by atoms with Gasteiger partial charge in [0.05, 0.1) is 5.56 Å². The van der Waals surface area contributed by atoms with E-state index in [1.54, 1.807) is 6.07 Å². The van der Waals surface area contributed by atoms with Gasteiger partial charge in [0.15, 0.2) is 29.1 Å². The van der Waals surface area contributed by atoms with Crippen molar-refractivity contribution < 1.29 is 26.3 Å². The minimum Gasteiger partial charge on any atom is -0.206 e. The maximum Gasteiger partial charge on any atom is 0.195 e. The maximum absolute atomic E-state index is 13.4. The molecular formula is C12H3F6. The van der Waals surface area contributed by atoms with Crippen LogP contribution in [-0.4, -0.2) is 0 Å². The van der Waals surface area contributed by atoms with Crippen LogP contribution in [0, 0.1) is 41.0 Å². The van der Waals surface area contributed by atoms with Crippen molar-refractivity contribution in [3.05, 3.63) is 59.2 Å². The van der Waals surface area contributed by atoms with Gasteiger partial charge in [-0.2, -0.15) is 0 Å². The fourth-order valence-corrected chi connectivity index (χ4v) is 1.44. The van der Waals surface area contributed by atoms with E-state index >= 15 is 0 Å². The van der Waals surface area contributed by atoms with Crippen molar-refractivity contribution in [1.82, 2.24) is 0 Å². The molecular weight excluding hydrogens is 258 g/mol. The van der Waals surface area contributed by atoms with E-state index in [4.69, 9.17) is 0 Å². The van der Waals surface area contributed by atoms with E-state index in [0.29, 0.717) is 18.2 Å². The zero-order chi connectivity index (χ0) is 13.4. The topological polar surface area (TPSA) is 0 Å². The zero-order valence-corrected chi connectivity index (χ0v) is 8.50. The standard InChI is InChI=1S/C12H3F6/c13-6-3-4-7(14)11(17)9(6)5-1-2-8(15)12(18)10(5)16/h1-3H. The Balaban J connectivity index is 2.78. The second-order valence-electron chi connectivity index (χ2n) is 3.36. The Bertz CT molecular complexity index is 620. The Labute approximate surface area is 97.5 Å². The van der Waals surface area contributed by atoms with Crippen LogP contribution in [0.15, 0.2) is 18.2 Å². The third-order valence-corrected chi connectivity index (χ3v) is 2.28. The van der Waals surface area contributed by atoms with Crippen molar-refractivity contribution in [2.45, 2.75) is 0 Å².